The third-order valence-corrected chi connectivity index (χ3v) is 4.47. The Labute approximate surface area is 173 Å². The van der Waals surface area contributed by atoms with Crippen LogP contribution in [-0.4, -0.2) is 18.4 Å². The van der Waals surface area contributed by atoms with Crippen molar-refractivity contribution in [2.45, 2.75) is 26.6 Å². The van der Waals surface area contributed by atoms with Gasteiger partial charge in [-0.15, -0.1) is 0 Å². The first kappa shape index (κ1) is 21.2. The molecule has 154 valence electrons. The van der Waals surface area contributed by atoms with Gasteiger partial charge in [0.15, 0.2) is 6.10 Å². The van der Waals surface area contributed by atoms with Crippen molar-refractivity contribution >= 4 is 11.8 Å². The lowest BCUT2D eigenvalue weighted by Crippen LogP contribution is -2.20. The van der Waals surface area contributed by atoms with E-state index in [1.165, 1.54) is 18.2 Å². The predicted molar refractivity (Wildman–Crippen MR) is 108 cm³/mol. The van der Waals surface area contributed by atoms with Crippen LogP contribution in [0.1, 0.15) is 43.5 Å². The Morgan fingerprint density at radius 1 is 0.800 bits per heavy atom. The average molecular weight is 410 g/mol. The Hall–Kier alpha value is -3.54. The maximum Gasteiger partial charge on any atom is 0.387 e. The van der Waals surface area contributed by atoms with E-state index in [2.05, 4.69) is 4.74 Å². The highest BCUT2D eigenvalue weighted by molar-refractivity contribution is 6.02. The maximum absolute atomic E-state index is 13.1. The summed E-state index contributed by atoms with van der Waals surface area (Å²) in [6, 6.07) is 19.3. The van der Waals surface area contributed by atoms with Gasteiger partial charge in [0, 0.05) is 11.1 Å². The van der Waals surface area contributed by atoms with Crippen molar-refractivity contribution in [3.05, 3.63) is 101 Å². The van der Waals surface area contributed by atoms with Gasteiger partial charge < -0.3 is 9.47 Å². The van der Waals surface area contributed by atoms with E-state index in [1.54, 1.807) is 36.4 Å². The summed E-state index contributed by atoms with van der Waals surface area (Å²) in [6.45, 7) is 0.793. The molecule has 0 saturated heterocycles. The first-order valence-corrected chi connectivity index (χ1v) is 9.27. The molecule has 3 rings (SSSR count). The van der Waals surface area contributed by atoms with Gasteiger partial charge in [-0.3, -0.25) is 4.79 Å². The Kier molecular flexibility index (Phi) is 6.57. The van der Waals surface area contributed by atoms with Gasteiger partial charge >= 0.3 is 12.6 Å². The molecule has 3 aromatic rings. The molecule has 0 aromatic heterocycles. The summed E-state index contributed by atoms with van der Waals surface area (Å²) in [5.74, 6) is -1.37. The number of hydrogen-bond donors (Lipinski definition) is 0. The molecule has 3 aromatic carbocycles. The van der Waals surface area contributed by atoms with Gasteiger partial charge in [0.1, 0.15) is 5.75 Å². The Bertz CT molecular complexity index is 1030. The maximum atomic E-state index is 13.1. The molecule has 0 N–H and O–H groups in total. The fraction of sp³-hybridized carbons (Fsp3) is 0.167. The third kappa shape index (κ3) is 5.29. The minimum Gasteiger partial charge on any atom is -0.445 e. The number of ether oxygens (including phenoxy) is 2. The van der Waals surface area contributed by atoms with Crippen LogP contribution in [0.15, 0.2) is 72.8 Å². The molecule has 0 radical (unpaired) electrons. The SMILES string of the molecule is Cc1ccc(C(=O)[C@H](OC(=O)c2cccc(OC(F)F)c2)c2ccc(C)cc2)cc1. The second kappa shape index (κ2) is 9.31. The van der Waals surface area contributed by atoms with E-state index in [0.717, 1.165) is 17.2 Å². The molecule has 0 heterocycles. The molecule has 0 aliphatic carbocycles. The van der Waals surface area contributed by atoms with Crippen LogP contribution in [-0.2, 0) is 4.74 Å². The quantitative estimate of drug-likeness (QED) is 0.371. The van der Waals surface area contributed by atoms with E-state index in [-0.39, 0.29) is 17.1 Å². The number of carbonyl (C=O) groups is 2. The summed E-state index contributed by atoms with van der Waals surface area (Å²) in [6.07, 6.45) is -1.18. The first-order valence-electron chi connectivity index (χ1n) is 9.27. The molecule has 0 aliphatic heterocycles. The molecular formula is C24H20F2O4. The third-order valence-electron chi connectivity index (χ3n) is 4.47. The molecule has 6 heteroatoms. The minimum absolute atomic E-state index is 0.00182. The van der Waals surface area contributed by atoms with Gasteiger partial charge in [0.05, 0.1) is 5.56 Å². The highest BCUT2D eigenvalue weighted by atomic mass is 19.3. The van der Waals surface area contributed by atoms with Crippen LogP contribution >= 0.6 is 0 Å². The number of carbonyl (C=O) groups excluding carboxylic acids is 2. The molecule has 0 aliphatic rings. The zero-order valence-corrected chi connectivity index (χ0v) is 16.5. The van der Waals surface area contributed by atoms with E-state index < -0.39 is 18.7 Å². The van der Waals surface area contributed by atoms with Crippen LogP contribution in [0, 0.1) is 13.8 Å². The van der Waals surface area contributed by atoms with E-state index in [0.29, 0.717) is 11.1 Å². The number of halogens is 2. The number of ketones is 1. The second-order valence-electron chi connectivity index (χ2n) is 6.83. The Balaban J connectivity index is 1.90. The van der Waals surface area contributed by atoms with Crippen LogP contribution < -0.4 is 4.74 Å². The lowest BCUT2D eigenvalue weighted by molar-refractivity contribution is -0.0499. The minimum atomic E-state index is -3.01. The van der Waals surface area contributed by atoms with Crippen molar-refractivity contribution in [3.8, 4) is 5.75 Å². The number of alkyl halides is 2. The first-order chi connectivity index (χ1) is 14.3. The fourth-order valence-electron chi connectivity index (χ4n) is 2.86. The van der Waals surface area contributed by atoms with E-state index in [9.17, 15) is 18.4 Å². The van der Waals surface area contributed by atoms with Crippen LogP contribution in [0.3, 0.4) is 0 Å². The molecule has 0 spiro atoms. The second-order valence-corrected chi connectivity index (χ2v) is 6.83. The smallest absolute Gasteiger partial charge is 0.387 e. The van der Waals surface area contributed by atoms with Crippen LogP contribution in [0.5, 0.6) is 5.75 Å². The van der Waals surface area contributed by atoms with Gasteiger partial charge in [0.25, 0.3) is 0 Å². The van der Waals surface area contributed by atoms with E-state index in [1.807, 2.05) is 26.0 Å². The summed E-state index contributed by atoms with van der Waals surface area (Å²) in [4.78, 5) is 25.8. The monoisotopic (exact) mass is 410 g/mol. The summed E-state index contributed by atoms with van der Waals surface area (Å²) in [7, 11) is 0. The van der Waals surface area contributed by atoms with Crippen molar-refractivity contribution in [1.82, 2.24) is 0 Å². The number of benzene rings is 3. The van der Waals surface area contributed by atoms with E-state index >= 15 is 0 Å². The standard InChI is InChI=1S/C24H20F2O4/c1-15-6-10-17(11-7-15)21(27)22(18-12-8-16(2)9-13-18)30-23(28)19-4-3-5-20(14-19)29-24(25)26/h3-14,22,24H,1-2H3/t22-/m1/s1. The van der Waals surface area contributed by atoms with E-state index in [4.69, 9.17) is 4.74 Å². The van der Waals surface area contributed by atoms with Crippen molar-refractivity contribution < 1.29 is 27.8 Å². The highest BCUT2D eigenvalue weighted by Gasteiger charge is 2.27. The van der Waals surface area contributed by atoms with Crippen LogP contribution in [0.25, 0.3) is 0 Å². The fourth-order valence-corrected chi connectivity index (χ4v) is 2.86. The average Bonchev–Trinajstić information content (AvgIpc) is 2.72. The molecule has 0 unspecified atom stereocenters. The summed E-state index contributed by atoms with van der Waals surface area (Å²) >= 11 is 0. The summed E-state index contributed by atoms with van der Waals surface area (Å²) in [5.41, 5.74) is 2.89. The normalized spacial score (nSPS) is 11.8. The van der Waals surface area contributed by atoms with Crippen molar-refractivity contribution in [3.63, 3.8) is 0 Å². The number of hydrogen-bond acceptors (Lipinski definition) is 4. The van der Waals surface area contributed by atoms with Crippen molar-refractivity contribution in [1.29, 1.82) is 0 Å². The van der Waals surface area contributed by atoms with Gasteiger partial charge in [0.2, 0.25) is 5.78 Å². The number of aryl methyl sites for hydroxylation is 2. The number of Topliss-reactive ketones (excluding diaryl/α,β-unsaturated/α-hetero) is 1. The molecule has 0 fully saturated rings. The molecular weight excluding hydrogens is 390 g/mol. The van der Waals surface area contributed by atoms with Crippen LogP contribution in [0.4, 0.5) is 8.78 Å². The summed E-state index contributed by atoms with van der Waals surface area (Å²) < 4.78 is 34.8. The topological polar surface area (TPSA) is 52.6 Å². The highest BCUT2D eigenvalue weighted by Crippen LogP contribution is 2.26. The number of rotatable bonds is 7. The van der Waals surface area contributed by atoms with Crippen LogP contribution in [0.2, 0.25) is 0 Å². The zero-order chi connectivity index (χ0) is 21.7. The predicted octanol–water partition coefficient (Wildman–Crippen LogP) is 5.69. The molecule has 0 bridgehead atoms. The number of esters is 1. The van der Waals surface area contributed by atoms with Crippen molar-refractivity contribution in [2.75, 3.05) is 0 Å². The lowest BCUT2D eigenvalue weighted by Gasteiger charge is -2.18. The van der Waals surface area contributed by atoms with Gasteiger partial charge in [-0.1, -0.05) is 65.7 Å². The molecule has 4 nitrogen and oxygen atoms in total. The Morgan fingerprint density at radius 2 is 1.40 bits per heavy atom. The molecule has 1 atom stereocenters. The van der Waals surface area contributed by atoms with Crippen molar-refractivity contribution in [2.24, 2.45) is 0 Å². The largest absolute Gasteiger partial charge is 0.445 e. The van der Waals surface area contributed by atoms with Gasteiger partial charge in [-0.05, 0) is 32.0 Å². The van der Waals surface area contributed by atoms with Gasteiger partial charge in [-0.2, -0.15) is 8.78 Å². The molecule has 0 saturated carbocycles. The zero-order valence-electron chi connectivity index (χ0n) is 16.5. The lowest BCUT2D eigenvalue weighted by atomic mass is 9.98. The molecule has 0 amide bonds. The van der Waals surface area contributed by atoms with Gasteiger partial charge in [-0.25, -0.2) is 4.79 Å². The molecule has 30 heavy (non-hydrogen) atoms. The Morgan fingerprint density at radius 3 is 2.00 bits per heavy atom. The summed E-state index contributed by atoms with van der Waals surface area (Å²) in [5, 5.41) is 0.